The Bertz CT molecular complexity index is 579. The van der Waals surface area contributed by atoms with Crippen molar-refractivity contribution in [1.82, 2.24) is 0 Å². The molecule has 6 heteroatoms. The Morgan fingerprint density at radius 1 is 0.696 bits per heavy atom. The van der Waals surface area contributed by atoms with E-state index in [4.69, 9.17) is 10.4 Å². The van der Waals surface area contributed by atoms with Gasteiger partial charge in [0.05, 0.1) is 12.4 Å². The van der Waals surface area contributed by atoms with Crippen molar-refractivity contribution >= 4 is 12.4 Å². The van der Waals surface area contributed by atoms with Gasteiger partial charge in [-0.2, -0.15) is 0 Å². The maximum Gasteiger partial charge on any atom is 0.169 e. The molecule has 0 saturated heterocycles. The van der Waals surface area contributed by atoms with Crippen LogP contribution >= 0.6 is 0 Å². The molecule has 0 aliphatic heterocycles. The van der Waals surface area contributed by atoms with Crippen LogP contribution in [-0.2, 0) is 13.1 Å². The molecule has 0 fully saturated rings. The van der Waals surface area contributed by atoms with Gasteiger partial charge in [-0.25, -0.2) is 9.13 Å². The fourth-order valence-electron chi connectivity index (χ4n) is 2.31. The average molecular weight is 314 g/mol. The zero-order valence-corrected chi connectivity index (χ0v) is 13.0. The summed E-state index contributed by atoms with van der Waals surface area (Å²) in [5.74, 6) is 0. The quantitative estimate of drug-likeness (QED) is 0.256. The SMILES string of the molecule is O/N=C\c1cc[n+](CCCCC[n+]2ccc(/C=N\O)cc2)cc1. The molecule has 0 aliphatic carbocycles. The zero-order valence-electron chi connectivity index (χ0n) is 13.0. The van der Waals surface area contributed by atoms with Crippen molar-refractivity contribution in [3.8, 4) is 0 Å². The highest BCUT2D eigenvalue weighted by molar-refractivity contribution is 5.78. The van der Waals surface area contributed by atoms with Crippen LogP contribution < -0.4 is 9.13 Å². The Balaban J connectivity index is 1.67. The van der Waals surface area contributed by atoms with Crippen molar-refractivity contribution in [2.24, 2.45) is 10.3 Å². The van der Waals surface area contributed by atoms with Crippen LogP contribution in [0.25, 0.3) is 0 Å². The predicted molar refractivity (Wildman–Crippen MR) is 85.9 cm³/mol. The van der Waals surface area contributed by atoms with Crippen LogP contribution in [-0.4, -0.2) is 22.8 Å². The van der Waals surface area contributed by atoms with Crippen LogP contribution in [0.1, 0.15) is 30.4 Å². The summed E-state index contributed by atoms with van der Waals surface area (Å²) in [6.07, 6.45) is 14.2. The van der Waals surface area contributed by atoms with Gasteiger partial charge in [-0.3, -0.25) is 0 Å². The highest BCUT2D eigenvalue weighted by Crippen LogP contribution is 1.97. The molecule has 0 aliphatic rings. The number of unbranched alkanes of at least 4 members (excludes halogenated alkanes) is 2. The van der Waals surface area contributed by atoms with Gasteiger partial charge in [0.25, 0.3) is 0 Å². The van der Waals surface area contributed by atoms with Crippen molar-refractivity contribution in [3.05, 3.63) is 60.2 Å². The standard InChI is InChI=1S/C17H20N4O2/c22-18-14-16-4-10-20(11-5-16)8-2-1-3-9-21-12-6-17(7-13-21)15-19-23/h4-7,10-15H,1-3,8-9H2/p+2. The van der Waals surface area contributed by atoms with E-state index in [-0.39, 0.29) is 0 Å². The predicted octanol–water partition coefficient (Wildman–Crippen LogP) is 1.75. The first-order chi connectivity index (χ1) is 11.3. The number of aromatic nitrogens is 2. The summed E-state index contributed by atoms with van der Waals surface area (Å²) in [4.78, 5) is 0. The first-order valence-electron chi connectivity index (χ1n) is 7.65. The van der Waals surface area contributed by atoms with Crippen LogP contribution in [0, 0.1) is 0 Å². The molecular weight excluding hydrogens is 292 g/mol. The molecule has 0 aromatic carbocycles. The molecule has 0 atom stereocenters. The number of pyridine rings is 2. The van der Waals surface area contributed by atoms with Gasteiger partial charge in [0.1, 0.15) is 13.1 Å². The summed E-state index contributed by atoms with van der Waals surface area (Å²) in [5, 5.41) is 23.0. The second-order valence-corrected chi connectivity index (χ2v) is 5.29. The van der Waals surface area contributed by atoms with E-state index >= 15 is 0 Å². The summed E-state index contributed by atoms with van der Waals surface area (Å²) in [7, 11) is 0. The van der Waals surface area contributed by atoms with Crippen LogP contribution in [0.2, 0.25) is 0 Å². The smallest absolute Gasteiger partial charge is 0.169 e. The maximum atomic E-state index is 8.47. The molecular formula is C17H22N4O2+2. The second-order valence-electron chi connectivity index (χ2n) is 5.29. The molecule has 0 radical (unpaired) electrons. The van der Waals surface area contributed by atoms with E-state index in [1.54, 1.807) is 0 Å². The van der Waals surface area contributed by atoms with E-state index in [1.165, 1.54) is 12.4 Å². The van der Waals surface area contributed by atoms with Crippen molar-refractivity contribution in [2.45, 2.75) is 32.4 Å². The fourth-order valence-corrected chi connectivity index (χ4v) is 2.31. The molecule has 0 amide bonds. The largest absolute Gasteiger partial charge is 0.411 e. The summed E-state index contributed by atoms with van der Waals surface area (Å²) in [6.45, 7) is 1.96. The molecule has 2 aromatic heterocycles. The normalized spacial score (nSPS) is 11.5. The third kappa shape index (κ3) is 5.86. The lowest BCUT2D eigenvalue weighted by Crippen LogP contribution is -2.34. The highest BCUT2D eigenvalue weighted by Gasteiger charge is 2.03. The van der Waals surface area contributed by atoms with Crippen molar-refractivity contribution in [2.75, 3.05) is 0 Å². The first kappa shape index (κ1) is 16.6. The molecule has 2 N–H and O–H groups in total. The maximum absolute atomic E-state index is 8.47. The molecule has 2 aromatic rings. The Hall–Kier alpha value is -2.76. The Morgan fingerprint density at radius 3 is 1.43 bits per heavy atom. The van der Waals surface area contributed by atoms with Crippen molar-refractivity contribution < 1.29 is 19.5 Å². The molecule has 0 spiro atoms. The number of rotatable bonds is 8. The van der Waals surface area contributed by atoms with Gasteiger partial charge >= 0.3 is 0 Å². The first-order valence-corrected chi connectivity index (χ1v) is 7.65. The van der Waals surface area contributed by atoms with Gasteiger partial charge in [-0.1, -0.05) is 10.3 Å². The lowest BCUT2D eigenvalue weighted by molar-refractivity contribution is -0.701. The number of hydrogen-bond donors (Lipinski definition) is 2. The number of nitrogens with zero attached hydrogens (tertiary/aromatic N) is 4. The number of oxime groups is 2. The molecule has 120 valence electrons. The van der Waals surface area contributed by atoms with E-state index in [2.05, 4.69) is 19.4 Å². The number of hydrogen-bond acceptors (Lipinski definition) is 4. The van der Waals surface area contributed by atoms with Crippen LogP contribution in [0.3, 0.4) is 0 Å². The zero-order chi connectivity index (χ0) is 16.3. The third-order valence-electron chi connectivity index (χ3n) is 3.58. The summed E-state index contributed by atoms with van der Waals surface area (Å²) >= 11 is 0. The van der Waals surface area contributed by atoms with E-state index < -0.39 is 0 Å². The van der Waals surface area contributed by atoms with Crippen molar-refractivity contribution in [3.63, 3.8) is 0 Å². The van der Waals surface area contributed by atoms with Crippen LogP contribution in [0.15, 0.2) is 59.4 Å². The van der Waals surface area contributed by atoms with E-state index in [0.717, 1.165) is 43.5 Å². The number of aryl methyl sites for hydroxylation is 2. The minimum Gasteiger partial charge on any atom is -0.411 e. The Labute approximate surface area is 135 Å². The van der Waals surface area contributed by atoms with Gasteiger partial charge in [0, 0.05) is 48.2 Å². The molecule has 0 saturated carbocycles. The van der Waals surface area contributed by atoms with Gasteiger partial charge in [-0.15, -0.1) is 0 Å². The van der Waals surface area contributed by atoms with Gasteiger partial charge < -0.3 is 10.4 Å². The summed E-state index contributed by atoms with van der Waals surface area (Å²) < 4.78 is 4.26. The molecule has 6 nitrogen and oxygen atoms in total. The fraction of sp³-hybridized carbons (Fsp3) is 0.294. The van der Waals surface area contributed by atoms with E-state index in [1.807, 2.05) is 49.1 Å². The van der Waals surface area contributed by atoms with Gasteiger partial charge in [-0.05, 0) is 6.42 Å². The van der Waals surface area contributed by atoms with Crippen LogP contribution in [0.4, 0.5) is 0 Å². The average Bonchev–Trinajstić information content (AvgIpc) is 2.58. The molecule has 2 rings (SSSR count). The lowest BCUT2D eigenvalue weighted by Gasteiger charge is -1.99. The second kappa shape index (κ2) is 9.30. The molecule has 0 unspecified atom stereocenters. The van der Waals surface area contributed by atoms with Crippen molar-refractivity contribution in [1.29, 1.82) is 0 Å². The van der Waals surface area contributed by atoms with E-state index in [9.17, 15) is 0 Å². The molecule has 23 heavy (non-hydrogen) atoms. The summed E-state index contributed by atoms with van der Waals surface area (Å²) in [5.41, 5.74) is 1.77. The highest BCUT2D eigenvalue weighted by atomic mass is 16.4. The topological polar surface area (TPSA) is 72.9 Å². The third-order valence-corrected chi connectivity index (χ3v) is 3.58. The molecule has 2 heterocycles. The van der Waals surface area contributed by atoms with Crippen LogP contribution in [0.5, 0.6) is 0 Å². The minimum absolute atomic E-state index is 0.884. The van der Waals surface area contributed by atoms with E-state index in [0.29, 0.717) is 0 Å². The van der Waals surface area contributed by atoms with Gasteiger partial charge in [0.15, 0.2) is 24.8 Å². The monoisotopic (exact) mass is 314 g/mol. The Morgan fingerprint density at radius 2 is 1.09 bits per heavy atom. The molecule has 0 bridgehead atoms. The summed E-state index contributed by atoms with van der Waals surface area (Å²) in [6, 6.07) is 7.69. The minimum atomic E-state index is 0.884. The van der Waals surface area contributed by atoms with Gasteiger partial charge in [0.2, 0.25) is 0 Å². The lowest BCUT2D eigenvalue weighted by atomic mass is 10.2. The Kier molecular flexibility index (Phi) is 6.71.